The molecule has 5 heteroatoms. The van der Waals surface area contributed by atoms with Crippen LogP contribution in [0.3, 0.4) is 0 Å². The summed E-state index contributed by atoms with van der Waals surface area (Å²) < 4.78 is 24.8. The van der Waals surface area contributed by atoms with Gasteiger partial charge >= 0.3 is 8.60 Å². The molecule has 4 nitrogen and oxygen atoms in total. The second kappa shape index (κ2) is 27.9. The fourth-order valence-corrected chi connectivity index (χ4v) is 6.32. The van der Waals surface area contributed by atoms with Gasteiger partial charge in [0.05, 0.1) is 12.7 Å². The SMILES string of the molecule is CCCCCCCCCCCCCOC(CCCCCCCCC)CCCOP(Oc1ccccc1)Oc1ccccc1. The van der Waals surface area contributed by atoms with Gasteiger partial charge in [-0.15, -0.1) is 0 Å². The molecule has 1 unspecified atom stereocenters. The first-order valence-corrected chi connectivity index (χ1v) is 18.9. The largest absolute Gasteiger partial charge is 0.463 e. The Labute approximate surface area is 266 Å². The monoisotopic (exact) mass is 614 g/mol. The molecular formula is C38H63O4P. The van der Waals surface area contributed by atoms with Crippen molar-refractivity contribution in [2.24, 2.45) is 0 Å². The average molecular weight is 615 g/mol. The van der Waals surface area contributed by atoms with Crippen molar-refractivity contribution in [3.63, 3.8) is 0 Å². The van der Waals surface area contributed by atoms with E-state index < -0.39 is 8.60 Å². The number of rotatable bonds is 30. The number of ether oxygens (including phenoxy) is 1. The van der Waals surface area contributed by atoms with E-state index in [2.05, 4.69) is 13.8 Å². The van der Waals surface area contributed by atoms with E-state index in [9.17, 15) is 0 Å². The molecule has 2 rings (SSSR count). The molecule has 0 saturated carbocycles. The first kappa shape index (κ1) is 37.6. The summed E-state index contributed by atoms with van der Waals surface area (Å²) in [6.07, 6.45) is 27.8. The highest BCUT2D eigenvalue weighted by molar-refractivity contribution is 7.42. The highest BCUT2D eigenvalue weighted by atomic mass is 31.2. The van der Waals surface area contributed by atoms with Gasteiger partial charge in [-0.25, -0.2) is 0 Å². The van der Waals surface area contributed by atoms with Gasteiger partial charge in [-0.3, -0.25) is 4.52 Å². The summed E-state index contributed by atoms with van der Waals surface area (Å²) in [5.74, 6) is 1.52. The molecule has 0 bridgehead atoms. The molecule has 0 saturated heterocycles. The quantitative estimate of drug-likeness (QED) is 0.0648. The summed E-state index contributed by atoms with van der Waals surface area (Å²) in [6, 6.07) is 19.6. The molecule has 0 radical (unpaired) electrons. The maximum Gasteiger partial charge on any atom is 0.463 e. The van der Waals surface area contributed by atoms with Crippen LogP contribution in [0.4, 0.5) is 0 Å². The van der Waals surface area contributed by atoms with Crippen molar-refractivity contribution in [1.82, 2.24) is 0 Å². The van der Waals surface area contributed by atoms with Gasteiger partial charge in [-0.1, -0.05) is 159 Å². The lowest BCUT2D eigenvalue weighted by atomic mass is 10.0. The highest BCUT2D eigenvalue weighted by Crippen LogP contribution is 2.41. The molecule has 0 aliphatic carbocycles. The Morgan fingerprint density at radius 3 is 1.37 bits per heavy atom. The van der Waals surface area contributed by atoms with E-state index in [4.69, 9.17) is 18.3 Å². The molecule has 0 spiro atoms. The van der Waals surface area contributed by atoms with Crippen molar-refractivity contribution in [2.45, 2.75) is 155 Å². The number of hydrogen-bond acceptors (Lipinski definition) is 4. The van der Waals surface area contributed by atoms with E-state index in [-0.39, 0.29) is 0 Å². The van der Waals surface area contributed by atoms with Gasteiger partial charge < -0.3 is 13.8 Å². The Hall–Kier alpha value is -1.61. The van der Waals surface area contributed by atoms with Crippen molar-refractivity contribution in [1.29, 1.82) is 0 Å². The number of para-hydroxylation sites is 2. The molecule has 0 aromatic heterocycles. The van der Waals surface area contributed by atoms with Crippen LogP contribution in [0.1, 0.15) is 149 Å². The van der Waals surface area contributed by atoms with Crippen LogP contribution >= 0.6 is 8.60 Å². The zero-order valence-corrected chi connectivity index (χ0v) is 28.6. The van der Waals surface area contributed by atoms with Crippen molar-refractivity contribution in [3.8, 4) is 11.5 Å². The van der Waals surface area contributed by atoms with Crippen LogP contribution in [-0.2, 0) is 9.26 Å². The molecule has 0 N–H and O–H groups in total. The second-order valence-corrected chi connectivity index (χ2v) is 13.0. The second-order valence-electron chi connectivity index (χ2n) is 11.9. The molecule has 43 heavy (non-hydrogen) atoms. The van der Waals surface area contributed by atoms with Gasteiger partial charge in [0.2, 0.25) is 0 Å². The minimum Gasteiger partial charge on any atom is -0.418 e. The molecule has 0 fully saturated rings. The molecule has 0 aliphatic rings. The van der Waals surface area contributed by atoms with E-state index in [0.29, 0.717) is 12.7 Å². The first-order valence-electron chi connectivity index (χ1n) is 17.8. The summed E-state index contributed by atoms with van der Waals surface area (Å²) in [7, 11) is -1.53. The van der Waals surface area contributed by atoms with Crippen LogP contribution in [0.5, 0.6) is 11.5 Å². The smallest absolute Gasteiger partial charge is 0.418 e. The highest BCUT2D eigenvalue weighted by Gasteiger charge is 2.18. The predicted octanol–water partition coefficient (Wildman–Crippen LogP) is 13.0. The van der Waals surface area contributed by atoms with Gasteiger partial charge in [0, 0.05) is 6.61 Å². The Morgan fingerprint density at radius 2 is 0.884 bits per heavy atom. The topological polar surface area (TPSA) is 36.9 Å². The van der Waals surface area contributed by atoms with Crippen molar-refractivity contribution < 1.29 is 18.3 Å². The zero-order valence-electron chi connectivity index (χ0n) is 27.7. The van der Waals surface area contributed by atoms with Crippen LogP contribution in [0, 0.1) is 0 Å². The van der Waals surface area contributed by atoms with Crippen LogP contribution in [0.15, 0.2) is 60.7 Å². The van der Waals surface area contributed by atoms with Gasteiger partial charge in [0.1, 0.15) is 11.5 Å². The van der Waals surface area contributed by atoms with Crippen LogP contribution in [0.25, 0.3) is 0 Å². The van der Waals surface area contributed by atoms with Crippen molar-refractivity contribution in [3.05, 3.63) is 60.7 Å². The summed E-state index contributed by atoms with van der Waals surface area (Å²) >= 11 is 0. The molecule has 1 atom stereocenters. The van der Waals surface area contributed by atoms with Crippen LogP contribution in [-0.4, -0.2) is 19.3 Å². The lowest BCUT2D eigenvalue weighted by molar-refractivity contribution is 0.0335. The molecule has 244 valence electrons. The lowest BCUT2D eigenvalue weighted by Crippen LogP contribution is -2.15. The minimum absolute atomic E-state index is 0.318. The third-order valence-electron chi connectivity index (χ3n) is 7.94. The Morgan fingerprint density at radius 1 is 0.465 bits per heavy atom. The third-order valence-corrected chi connectivity index (χ3v) is 9.06. The average Bonchev–Trinajstić information content (AvgIpc) is 3.03. The molecule has 0 heterocycles. The first-order chi connectivity index (χ1) is 21.3. The summed E-state index contributed by atoms with van der Waals surface area (Å²) in [5, 5.41) is 0. The normalized spacial score (nSPS) is 12.1. The van der Waals surface area contributed by atoms with Crippen LogP contribution in [0.2, 0.25) is 0 Å². The zero-order chi connectivity index (χ0) is 30.5. The Kier molecular flexibility index (Phi) is 24.4. The van der Waals surface area contributed by atoms with E-state index in [1.54, 1.807) is 0 Å². The molecule has 2 aromatic carbocycles. The van der Waals surface area contributed by atoms with Gasteiger partial charge in [0.25, 0.3) is 0 Å². The lowest BCUT2D eigenvalue weighted by Gasteiger charge is -2.20. The molecule has 0 amide bonds. The number of benzene rings is 2. The van der Waals surface area contributed by atoms with Gasteiger partial charge in [-0.2, -0.15) is 0 Å². The van der Waals surface area contributed by atoms with E-state index >= 15 is 0 Å². The minimum atomic E-state index is -1.53. The fourth-order valence-electron chi connectivity index (χ4n) is 5.31. The third kappa shape index (κ3) is 21.7. The van der Waals surface area contributed by atoms with Crippen LogP contribution < -0.4 is 9.05 Å². The van der Waals surface area contributed by atoms with Crippen molar-refractivity contribution in [2.75, 3.05) is 13.2 Å². The summed E-state index contributed by atoms with van der Waals surface area (Å²) in [6.45, 7) is 6.06. The fraction of sp³-hybridized carbons (Fsp3) is 0.684. The Bertz CT molecular complexity index is 793. The summed E-state index contributed by atoms with van der Waals surface area (Å²) in [5.41, 5.74) is 0. The van der Waals surface area contributed by atoms with E-state index in [1.807, 2.05) is 60.7 Å². The van der Waals surface area contributed by atoms with E-state index in [1.165, 1.54) is 116 Å². The standard InChI is InChI=1S/C38H63O4P/c1-3-5-7-9-11-12-13-14-16-18-26-34-39-36(28-21-17-15-10-8-6-4-2)33-27-35-40-43(41-37-29-22-19-23-30-37)42-38-31-24-20-25-32-38/h19-20,22-25,29-32,36H,3-18,21,26-28,33-35H2,1-2H3. The molecule has 0 aliphatic heterocycles. The maximum absolute atomic E-state index is 6.46. The van der Waals surface area contributed by atoms with E-state index in [0.717, 1.165) is 37.4 Å². The number of hydrogen-bond donors (Lipinski definition) is 0. The van der Waals surface area contributed by atoms with Gasteiger partial charge in [-0.05, 0) is 49.9 Å². The predicted molar refractivity (Wildman–Crippen MR) is 185 cm³/mol. The maximum atomic E-state index is 6.46. The molecular weight excluding hydrogens is 551 g/mol. The Balaban J connectivity index is 1.69. The number of unbranched alkanes of at least 4 members (excludes halogenated alkanes) is 16. The summed E-state index contributed by atoms with van der Waals surface area (Å²) in [4.78, 5) is 0. The molecule has 2 aromatic rings. The van der Waals surface area contributed by atoms with Gasteiger partial charge in [0.15, 0.2) is 0 Å². The van der Waals surface area contributed by atoms with Crippen molar-refractivity contribution >= 4 is 8.60 Å².